The van der Waals surface area contributed by atoms with Gasteiger partial charge >= 0.3 is 0 Å². The van der Waals surface area contributed by atoms with Gasteiger partial charge in [0.15, 0.2) is 11.5 Å². The Bertz CT molecular complexity index is 1050. The van der Waals surface area contributed by atoms with Crippen molar-refractivity contribution in [3.05, 3.63) is 46.7 Å². The SMILES string of the molecule is O=C(CC1SC(N=Nc2c(O)[nH]c3ccccc23)=NC1=O)c1cccs1. The Kier molecular flexibility index (Phi) is 4.39. The molecule has 3 heterocycles. The fraction of sp³-hybridized carbons (Fsp3) is 0.118. The second kappa shape index (κ2) is 6.85. The summed E-state index contributed by atoms with van der Waals surface area (Å²) in [6.07, 6.45) is 0.0743. The Morgan fingerprint density at radius 3 is 2.88 bits per heavy atom. The number of rotatable bonds is 4. The molecule has 1 unspecified atom stereocenters. The zero-order valence-electron chi connectivity index (χ0n) is 13.2. The van der Waals surface area contributed by atoms with Gasteiger partial charge in [0, 0.05) is 11.8 Å². The first kappa shape index (κ1) is 16.7. The number of thioether (sulfide) groups is 1. The molecule has 0 saturated heterocycles. The number of H-pyrrole nitrogens is 1. The van der Waals surface area contributed by atoms with Crippen LogP contribution < -0.4 is 0 Å². The lowest BCUT2D eigenvalue weighted by Gasteiger charge is -2.03. The third-order valence-electron chi connectivity index (χ3n) is 3.79. The molecular weight excluding hydrogens is 372 g/mol. The summed E-state index contributed by atoms with van der Waals surface area (Å²) < 4.78 is 0. The second-order valence-electron chi connectivity index (χ2n) is 5.51. The van der Waals surface area contributed by atoms with E-state index in [2.05, 4.69) is 20.2 Å². The van der Waals surface area contributed by atoms with Crippen molar-refractivity contribution in [1.82, 2.24) is 4.98 Å². The minimum absolute atomic E-state index is 0.0743. The highest BCUT2D eigenvalue weighted by Gasteiger charge is 2.31. The number of aromatic amines is 1. The van der Waals surface area contributed by atoms with Crippen LogP contribution in [0.5, 0.6) is 5.88 Å². The van der Waals surface area contributed by atoms with E-state index in [1.165, 1.54) is 11.3 Å². The lowest BCUT2D eigenvalue weighted by molar-refractivity contribution is -0.117. The third kappa shape index (κ3) is 3.18. The molecule has 1 aliphatic heterocycles. The highest BCUT2D eigenvalue weighted by molar-refractivity contribution is 8.15. The van der Waals surface area contributed by atoms with Gasteiger partial charge in [0.1, 0.15) is 5.25 Å². The van der Waals surface area contributed by atoms with Gasteiger partial charge in [-0.05, 0) is 17.5 Å². The van der Waals surface area contributed by atoms with Crippen LogP contribution in [-0.4, -0.2) is 32.2 Å². The Balaban J connectivity index is 1.48. The van der Waals surface area contributed by atoms with Crippen LogP contribution in [0.4, 0.5) is 5.69 Å². The van der Waals surface area contributed by atoms with E-state index in [0.717, 1.165) is 17.3 Å². The minimum Gasteiger partial charge on any atom is -0.493 e. The molecule has 0 spiro atoms. The van der Waals surface area contributed by atoms with Crippen LogP contribution in [0.1, 0.15) is 16.1 Å². The molecule has 2 aromatic heterocycles. The molecule has 0 saturated carbocycles. The number of hydrogen-bond acceptors (Lipinski definition) is 7. The maximum Gasteiger partial charge on any atom is 0.262 e. The van der Waals surface area contributed by atoms with Crippen molar-refractivity contribution in [2.24, 2.45) is 15.2 Å². The number of carbonyl (C=O) groups is 2. The summed E-state index contributed by atoms with van der Waals surface area (Å²) in [4.78, 5) is 31.5. The highest BCUT2D eigenvalue weighted by atomic mass is 32.2. The lowest BCUT2D eigenvalue weighted by atomic mass is 10.2. The van der Waals surface area contributed by atoms with Gasteiger partial charge in [-0.3, -0.25) is 9.59 Å². The number of nitrogens with zero attached hydrogens (tertiary/aromatic N) is 3. The van der Waals surface area contributed by atoms with Crippen LogP contribution >= 0.6 is 23.1 Å². The summed E-state index contributed by atoms with van der Waals surface area (Å²) >= 11 is 2.46. The number of thiophene rings is 1. The zero-order valence-corrected chi connectivity index (χ0v) is 14.9. The topological polar surface area (TPSA) is 107 Å². The molecular formula is C17H12N4O3S2. The molecule has 9 heteroatoms. The number of amidine groups is 1. The number of hydrogen-bond donors (Lipinski definition) is 2. The first-order valence-electron chi connectivity index (χ1n) is 7.69. The number of benzene rings is 1. The number of Topliss-reactive ketones (excluding diaryl/α,β-unsaturated/α-hetero) is 1. The third-order valence-corrected chi connectivity index (χ3v) is 5.74. The quantitative estimate of drug-likeness (QED) is 0.517. The van der Waals surface area contributed by atoms with Crippen molar-refractivity contribution in [2.45, 2.75) is 11.7 Å². The van der Waals surface area contributed by atoms with Gasteiger partial charge < -0.3 is 10.1 Å². The van der Waals surface area contributed by atoms with E-state index in [1.54, 1.807) is 18.2 Å². The number of fused-ring (bicyclic) bond motifs is 1. The van der Waals surface area contributed by atoms with E-state index in [9.17, 15) is 14.7 Å². The van der Waals surface area contributed by atoms with E-state index < -0.39 is 11.2 Å². The van der Waals surface area contributed by atoms with Crippen molar-refractivity contribution in [1.29, 1.82) is 0 Å². The van der Waals surface area contributed by atoms with Crippen LogP contribution in [0.15, 0.2) is 57.0 Å². The lowest BCUT2D eigenvalue weighted by Crippen LogP contribution is -2.15. The van der Waals surface area contributed by atoms with Crippen molar-refractivity contribution in [3.8, 4) is 5.88 Å². The van der Waals surface area contributed by atoms with Crippen molar-refractivity contribution in [3.63, 3.8) is 0 Å². The van der Waals surface area contributed by atoms with E-state index in [0.29, 0.717) is 10.3 Å². The Labute approximate surface area is 155 Å². The molecule has 0 aliphatic carbocycles. The average Bonchev–Trinajstić information content (AvgIpc) is 3.33. The maximum absolute atomic E-state index is 12.2. The summed E-state index contributed by atoms with van der Waals surface area (Å²) in [7, 11) is 0. The predicted octanol–water partition coefficient (Wildman–Crippen LogP) is 4.29. The number of amides is 1. The number of ketones is 1. The van der Waals surface area contributed by atoms with Gasteiger partial charge in [0.2, 0.25) is 11.0 Å². The average molecular weight is 384 g/mol. The van der Waals surface area contributed by atoms with Gasteiger partial charge in [-0.15, -0.1) is 21.6 Å². The van der Waals surface area contributed by atoms with Gasteiger partial charge in [0.25, 0.3) is 5.91 Å². The molecule has 2 N–H and O–H groups in total. The Hall–Kier alpha value is -2.78. The monoisotopic (exact) mass is 384 g/mol. The molecule has 26 heavy (non-hydrogen) atoms. The van der Waals surface area contributed by atoms with Crippen LogP contribution in [0.3, 0.4) is 0 Å². The molecule has 1 atom stereocenters. The zero-order chi connectivity index (χ0) is 18.1. The standard InChI is InChI=1S/C17H12N4O3S2/c22-11(12-6-3-7-25-12)8-13-15(23)19-17(26-13)21-20-14-9-4-1-2-5-10(9)18-16(14)24/h1-7,13,18,24H,8H2. The van der Waals surface area contributed by atoms with E-state index in [4.69, 9.17) is 0 Å². The van der Waals surface area contributed by atoms with Crippen molar-refractivity contribution >= 4 is 56.5 Å². The fourth-order valence-electron chi connectivity index (χ4n) is 2.56. The van der Waals surface area contributed by atoms with Crippen LogP contribution in [-0.2, 0) is 4.79 Å². The molecule has 7 nitrogen and oxygen atoms in total. The van der Waals surface area contributed by atoms with Crippen LogP contribution in [0, 0.1) is 0 Å². The number of aliphatic imine (C=N–C) groups is 1. The number of aromatic hydroxyl groups is 1. The predicted molar refractivity (Wildman–Crippen MR) is 102 cm³/mol. The molecule has 3 aromatic rings. The minimum atomic E-state index is -0.588. The fourth-order valence-corrected chi connectivity index (χ4v) is 4.11. The normalized spacial score (nSPS) is 17.3. The molecule has 1 amide bonds. The smallest absolute Gasteiger partial charge is 0.262 e. The largest absolute Gasteiger partial charge is 0.493 e. The van der Waals surface area contributed by atoms with Crippen molar-refractivity contribution in [2.75, 3.05) is 0 Å². The van der Waals surface area contributed by atoms with Crippen molar-refractivity contribution < 1.29 is 14.7 Å². The molecule has 4 rings (SSSR count). The summed E-state index contributed by atoms with van der Waals surface area (Å²) in [5, 5.41) is 20.1. The molecule has 1 aromatic carbocycles. The number of carbonyl (C=O) groups excluding carboxylic acids is 2. The summed E-state index contributed by atoms with van der Waals surface area (Å²) in [6, 6.07) is 10.8. The summed E-state index contributed by atoms with van der Waals surface area (Å²) in [5.74, 6) is -0.584. The first-order chi connectivity index (χ1) is 12.6. The Morgan fingerprint density at radius 1 is 1.23 bits per heavy atom. The van der Waals surface area contributed by atoms with Gasteiger partial charge in [-0.1, -0.05) is 36.0 Å². The Morgan fingerprint density at radius 2 is 2.08 bits per heavy atom. The molecule has 0 bridgehead atoms. The number of aromatic nitrogens is 1. The van der Waals surface area contributed by atoms with Gasteiger partial charge in [-0.25, -0.2) is 0 Å². The summed E-state index contributed by atoms with van der Waals surface area (Å²) in [5.41, 5.74) is 1.02. The first-order valence-corrected chi connectivity index (χ1v) is 9.45. The molecule has 1 aliphatic rings. The molecule has 0 fully saturated rings. The van der Waals surface area contributed by atoms with Gasteiger partial charge in [0.05, 0.1) is 10.4 Å². The number of nitrogens with one attached hydrogen (secondary N) is 1. The van der Waals surface area contributed by atoms with E-state index in [1.807, 2.05) is 23.6 Å². The molecule has 130 valence electrons. The van der Waals surface area contributed by atoms with Crippen LogP contribution in [0.2, 0.25) is 0 Å². The van der Waals surface area contributed by atoms with E-state index >= 15 is 0 Å². The molecule has 0 radical (unpaired) electrons. The number of para-hydroxylation sites is 1. The van der Waals surface area contributed by atoms with Crippen LogP contribution in [0.25, 0.3) is 10.9 Å². The number of azo groups is 1. The highest BCUT2D eigenvalue weighted by Crippen LogP contribution is 2.36. The second-order valence-corrected chi connectivity index (χ2v) is 7.63. The maximum atomic E-state index is 12.2. The summed E-state index contributed by atoms with van der Waals surface area (Å²) in [6.45, 7) is 0. The van der Waals surface area contributed by atoms with E-state index in [-0.39, 0.29) is 28.9 Å². The van der Waals surface area contributed by atoms with Gasteiger partial charge in [-0.2, -0.15) is 4.99 Å².